The van der Waals surface area contributed by atoms with Crippen molar-refractivity contribution in [3.05, 3.63) is 47.9 Å². The van der Waals surface area contributed by atoms with E-state index in [1.54, 1.807) is 6.33 Å². The molecule has 25 heavy (non-hydrogen) atoms. The molecule has 2 N–H and O–H groups in total. The van der Waals surface area contributed by atoms with Gasteiger partial charge in [-0.05, 0) is 30.5 Å². The maximum atomic E-state index is 9.14. The Morgan fingerprint density at radius 2 is 2.16 bits per heavy atom. The Morgan fingerprint density at radius 3 is 2.92 bits per heavy atom. The minimum atomic E-state index is -0.0989. The lowest BCUT2D eigenvalue weighted by Crippen LogP contribution is -2.45. The van der Waals surface area contributed by atoms with E-state index in [-0.39, 0.29) is 18.8 Å². The average molecular weight is 343 g/mol. The maximum absolute atomic E-state index is 9.14. The second-order valence-corrected chi connectivity index (χ2v) is 6.22. The zero-order valence-electron chi connectivity index (χ0n) is 14.5. The molecule has 0 saturated carbocycles. The molecule has 1 aliphatic heterocycles. The van der Waals surface area contributed by atoms with Gasteiger partial charge in [0.25, 0.3) is 0 Å². The van der Waals surface area contributed by atoms with E-state index in [0.29, 0.717) is 13.2 Å². The molecule has 3 rings (SSSR count). The number of nitrogens with zero attached hydrogens (tertiary/aromatic N) is 2. The summed E-state index contributed by atoms with van der Waals surface area (Å²) in [5.41, 5.74) is 2.00. The van der Waals surface area contributed by atoms with Gasteiger partial charge in [0.05, 0.1) is 19.3 Å². The van der Waals surface area contributed by atoms with E-state index in [1.807, 2.05) is 30.5 Å². The largest absolute Gasteiger partial charge is 0.486 e. The van der Waals surface area contributed by atoms with Crippen LogP contribution in [0, 0.1) is 0 Å². The SMILES string of the molecule is CCCc1cncnc1N[C@@H]1CCOC[C@H]1Oc1ccc(CO)cc1. The van der Waals surface area contributed by atoms with E-state index >= 15 is 0 Å². The van der Waals surface area contributed by atoms with E-state index in [4.69, 9.17) is 14.6 Å². The van der Waals surface area contributed by atoms with Crippen LogP contribution >= 0.6 is 0 Å². The van der Waals surface area contributed by atoms with Gasteiger partial charge in [-0.25, -0.2) is 9.97 Å². The summed E-state index contributed by atoms with van der Waals surface area (Å²) in [4.78, 5) is 8.54. The van der Waals surface area contributed by atoms with Gasteiger partial charge in [0.1, 0.15) is 24.0 Å². The first-order valence-corrected chi connectivity index (χ1v) is 8.79. The van der Waals surface area contributed by atoms with Crippen molar-refractivity contribution >= 4 is 5.82 Å². The Kier molecular flexibility index (Phi) is 6.19. The number of benzene rings is 1. The van der Waals surface area contributed by atoms with Gasteiger partial charge in [-0.2, -0.15) is 0 Å². The third-order valence-corrected chi connectivity index (χ3v) is 4.33. The molecule has 6 heteroatoms. The third-order valence-electron chi connectivity index (χ3n) is 4.33. The number of hydrogen-bond acceptors (Lipinski definition) is 6. The van der Waals surface area contributed by atoms with Crippen molar-refractivity contribution in [1.82, 2.24) is 9.97 Å². The number of aliphatic hydroxyl groups excluding tert-OH is 1. The van der Waals surface area contributed by atoms with Crippen molar-refractivity contribution in [3.8, 4) is 5.75 Å². The first-order valence-electron chi connectivity index (χ1n) is 8.79. The number of nitrogens with one attached hydrogen (secondary N) is 1. The second kappa shape index (κ2) is 8.78. The highest BCUT2D eigenvalue weighted by molar-refractivity contribution is 5.43. The summed E-state index contributed by atoms with van der Waals surface area (Å²) in [5.74, 6) is 1.66. The quantitative estimate of drug-likeness (QED) is 0.805. The van der Waals surface area contributed by atoms with Crippen LogP contribution in [0.4, 0.5) is 5.82 Å². The van der Waals surface area contributed by atoms with Gasteiger partial charge < -0.3 is 19.9 Å². The van der Waals surface area contributed by atoms with Crippen LogP contribution in [-0.2, 0) is 17.8 Å². The van der Waals surface area contributed by atoms with Gasteiger partial charge in [-0.1, -0.05) is 25.5 Å². The number of hydrogen-bond donors (Lipinski definition) is 2. The predicted molar refractivity (Wildman–Crippen MR) is 95.7 cm³/mol. The van der Waals surface area contributed by atoms with Crippen LogP contribution in [0.15, 0.2) is 36.8 Å². The highest BCUT2D eigenvalue weighted by Crippen LogP contribution is 2.22. The number of aliphatic hydroxyl groups is 1. The average Bonchev–Trinajstić information content (AvgIpc) is 2.66. The highest BCUT2D eigenvalue weighted by Gasteiger charge is 2.28. The van der Waals surface area contributed by atoms with Crippen molar-refractivity contribution in [1.29, 1.82) is 0 Å². The Hall–Kier alpha value is -2.18. The molecule has 0 unspecified atom stereocenters. The molecule has 134 valence electrons. The zero-order chi connectivity index (χ0) is 17.5. The zero-order valence-corrected chi connectivity index (χ0v) is 14.5. The minimum absolute atomic E-state index is 0.0327. The van der Waals surface area contributed by atoms with Crippen LogP contribution in [0.2, 0.25) is 0 Å². The molecule has 0 aliphatic carbocycles. The summed E-state index contributed by atoms with van der Waals surface area (Å²) in [7, 11) is 0. The summed E-state index contributed by atoms with van der Waals surface area (Å²) in [6.45, 7) is 3.42. The molecule has 2 heterocycles. The molecule has 1 aromatic heterocycles. The lowest BCUT2D eigenvalue weighted by atomic mass is 10.0. The van der Waals surface area contributed by atoms with Crippen molar-refractivity contribution in [2.24, 2.45) is 0 Å². The van der Waals surface area contributed by atoms with Crippen LogP contribution in [-0.4, -0.2) is 40.4 Å². The monoisotopic (exact) mass is 343 g/mol. The smallest absolute Gasteiger partial charge is 0.142 e. The van der Waals surface area contributed by atoms with Gasteiger partial charge in [0.15, 0.2) is 0 Å². The molecule has 2 atom stereocenters. The molecule has 1 aliphatic rings. The molecule has 0 amide bonds. The van der Waals surface area contributed by atoms with E-state index in [0.717, 1.165) is 42.0 Å². The first kappa shape index (κ1) is 17.6. The Bertz CT molecular complexity index is 663. The van der Waals surface area contributed by atoms with Crippen molar-refractivity contribution in [2.75, 3.05) is 18.5 Å². The van der Waals surface area contributed by atoms with Gasteiger partial charge in [0, 0.05) is 18.4 Å². The van der Waals surface area contributed by atoms with Gasteiger partial charge in [0.2, 0.25) is 0 Å². The van der Waals surface area contributed by atoms with E-state index in [1.165, 1.54) is 0 Å². The fourth-order valence-electron chi connectivity index (χ4n) is 2.96. The fraction of sp³-hybridized carbons (Fsp3) is 0.474. The van der Waals surface area contributed by atoms with Crippen molar-refractivity contribution in [3.63, 3.8) is 0 Å². The van der Waals surface area contributed by atoms with Gasteiger partial charge in [-0.3, -0.25) is 0 Å². The molecule has 0 bridgehead atoms. The number of aromatic nitrogens is 2. The maximum Gasteiger partial charge on any atom is 0.142 e. The molecular formula is C19H25N3O3. The molecule has 1 aromatic carbocycles. The molecule has 1 saturated heterocycles. The normalized spacial score (nSPS) is 20.2. The van der Waals surface area contributed by atoms with Crippen molar-refractivity contribution < 1.29 is 14.6 Å². The summed E-state index contributed by atoms with van der Waals surface area (Å²) < 4.78 is 11.7. The molecule has 0 spiro atoms. The number of aryl methyl sites for hydroxylation is 1. The first-order chi connectivity index (χ1) is 12.3. The highest BCUT2D eigenvalue weighted by atomic mass is 16.5. The summed E-state index contributed by atoms with van der Waals surface area (Å²) >= 11 is 0. The summed E-state index contributed by atoms with van der Waals surface area (Å²) in [6, 6.07) is 7.61. The van der Waals surface area contributed by atoms with Gasteiger partial charge in [-0.15, -0.1) is 0 Å². The topological polar surface area (TPSA) is 76.5 Å². The van der Waals surface area contributed by atoms with E-state index in [9.17, 15) is 0 Å². The number of rotatable bonds is 7. The Labute approximate surface area is 148 Å². The van der Waals surface area contributed by atoms with Crippen LogP contribution in [0.5, 0.6) is 5.75 Å². The number of anilines is 1. The molecule has 0 radical (unpaired) electrons. The molecule has 2 aromatic rings. The molecule has 1 fully saturated rings. The van der Waals surface area contributed by atoms with E-state index < -0.39 is 0 Å². The molecular weight excluding hydrogens is 318 g/mol. The predicted octanol–water partition coefficient (Wildman–Crippen LogP) is 2.57. The van der Waals surface area contributed by atoms with Crippen LogP contribution in [0.1, 0.15) is 30.9 Å². The Balaban J connectivity index is 1.70. The lowest BCUT2D eigenvalue weighted by Gasteiger charge is -2.33. The number of ether oxygens (including phenoxy) is 2. The fourth-order valence-corrected chi connectivity index (χ4v) is 2.96. The molecule has 6 nitrogen and oxygen atoms in total. The second-order valence-electron chi connectivity index (χ2n) is 6.22. The summed E-state index contributed by atoms with van der Waals surface area (Å²) in [6.07, 6.45) is 6.20. The minimum Gasteiger partial charge on any atom is -0.486 e. The van der Waals surface area contributed by atoms with Gasteiger partial charge >= 0.3 is 0 Å². The van der Waals surface area contributed by atoms with Crippen molar-refractivity contribution in [2.45, 2.75) is 44.9 Å². The Morgan fingerprint density at radius 1 is 1.32 bits per heavy atom. The lowest BCUT2D eigenvalue weighted by molar-refractivity contribution is -0.000655. The van der Waals surface area contributed by atoms with Crippen LogP contribution in [0.25, 0.3) is 0 Å². The third kappa shape index (κ3) is 4.67. The van der Waals surface area contributed by atoms with E-state index in [2.05, 4.69) is 22.2 Å². The standard InChI is InChI=1S/C19H25N3O3/c1-2-3-15-10-20-13-21-19(15)22-17-8-9-24-12-18(17)25-16-6-4-14(11-23)5-7-16/h4-7,10,13,17-18,23H,2-3,8-9,11-12H2,1H3,(H,20,21,22)/t17-,18-/m1/s1. The van der Waals surface area contributed by atoms with Crippen LogP contribution in [0.3, 0.4) is 0 Å². The van der Waals surface area contributed by atoms with Crippen LogP contribution < -0.4 is 10.1 Å². The summed E-state index contributed by atoms with van der Waals surface area (Å²) in [5, 5.41) is 12.7.